The number of nitrogens with zero attached hydrogens (tertiary/aromatic N) is 4. The zero-order valence-electron chi connectivity index (χ0n) is 31.5. The largest absolute Gasteiger partial charge is 0.478 e. The number of carboxylic acid groups (broad SMARTS) is 2. The van der Waals surface area contributed by atoms with Gasteiger partial charge in [-0.3, -0.25) is 0 Å². The van der Waals surface area contributed by atoms with E-state index in [4.69, 9.17) is 0 Å². The smallest absolute Gasteiger partial charge is 0.339 e. The van der Waals surface area contributed by atoms with E-state index >= 15 is 0 Å². The first-order valence-corrected chi connectivity index (χ1v) is 19.4. The number of carboxylic acids is 2. The number of rotatable bonds is 9. The number of fused-ring (bicyclic) bond motifs is 2. The third-order valence-corrected chi connectivity index (χ3v) is 10.6. The van der Waals surface area contributed by atoms with Crippen LogP contribution in [0, 0.1) is 5.82 Å². The highest BCUT2D eigenvalue weighted by Gasteiger charge is 2.27. The van der Waals surface area contributed by atoms with E-state index in [-0.39, 0.29) is 22.8 Å². The minimum absolute atomic E-state index is 0.139. The second-order valence-corrected chi connectivity index (χ2v) is 14.8. The highest BCUT2D eigenvalue weighted by molar-refractivity contribution is 9.10. The fourth-order valence-corrected chi connectivity index (χ4v) is 7.66. The summed E-state index contributed by atoms with van der Waals surface area (Å²) in [6.07, 6.45) is 11.8. The van der Waals surface area contributed by atoms with Gasteiger partial charge in [-0.05, 0) is 119 Å². The van der Waals surface area contributed by atoms with Crippen molar-refractivity contribution in [2.75, 3.05) is 10.6 Å². The first-order valence-electron chi connectivity index (χ1n) is 18.6. The average Bonchev–Trinajstić information content (AvgIpc) is 4.13. The van der Waals surface area contributed by atoms with E-state index < -0.39 is 11.9 Å². The molecule has 10 nitrogen and oxygen atoms in total. The van der Waals surface area contributed by atoms with E-state index in [1.807, 2.05) is 85.9 Å². The Morgan fingerprint density at radius 3 is 1.68 bits per heavy atom. The standard InChI is InChI=1S/C24H20FN3O2.C18H16BrN3O2.C2H6/c1-28-9-8-15-10-17(12-19(22(15)28)18-4-2-3-5-21(18)25)27-23-20(24(29)30)11-16(13-26-23)14-6-7-14;1-22-5-4-11-6-13(8-15(19)16(11)22)21-17-14(18(23)24)7-12(9-20-17)10-2-3-10;1-2/h2-5,8-14H,6-7H2,1H3,(H,26,27)(H,29,30);4-10H,2-3H2,1H3,(H,20,21)(H,23,24);1-2H3. The molecule has 9 rings (SSSR count). The van der Waals surface area contributed by atoms with Crippen LogP contribution in [0.2, 0.25) is 0 Å². The van der Waals surface area contributed by atoms with Crippen LogP contribution >= 0.6 is 15.9 Å². The first kappa shape index (κ1) is 38.3. The van der Waals surface area contributed by atoms with E-state index in [2.05, 4.69) is 36.5 Å². The van der Waals surface area contributed by atoms with Gasteiger partial charge in [0.2, 0.25) is 0 Å². The molecule has 2 aliphatic rings. The highest BCUT2D eigenvalue weighted by Crippen LogP contribution is 2.42. The molecule has 0 amide bonds. The number of halogens is 2. The predicted octanol–water partition coefficient (Wildman–Crippen LogP) is 11.4. The topological polar surface area (TPSA) is 134 Å². The van der Waals surface area contributed by atoms with Crippen molar-refractivity contribution >= 4 is 72.7 Å². The van der Waals surface area contributed by atoms with Gasteiger partial charge in [-0.25, -0.2) is 23.9 Å². The third kappa shape index (κ3) is 8.01. The molecule has 2 saturated carbocycles. The summed E-state index contributed by atoms with van der Waals surface area (Å²) in [5, 5.41) is 27.5. The average molecular weight is 818 g/mol. The molecule has 4 aromatic heterocycles. The summed E-state index contributed by atoms with van der Waals surface area (Å²) in [6.45, 7) is 4.00. The highest BCUT2D eigenvalue weighted by atomic mass is 79.9. The van der Waals surface area contributed by atoms with Gasteiger partial charge in [0.15, 0.2) is 0 Å². The zero-order valence-corrected chi connectivity index (χ0v) is 33.1. The minimum Gasteiger partial charge on any atom is -0.478 e. The Morgan fingerprint density at radius 1 is 0.696 bits per heavy atom. The van der Waals surface area contributed by atoms with Crippen LogP contribution in [0.5, 0.6) is 0 Å². The number of benzene rings is 3. The molecule has 286 valence electrons. The van der Waals surface area contributed by atoms with E-state index in [0.29, 0.717) is 28.9 Å². The molecule has 2 fully saturated rings. The summed E-state index contributed by atoms with van der Waals surface area (Å²) in [5.74, 6) is -0.765. The van der Waals surface area contributed by atoms with Crippen LogP contribution in [0.25, 0.3) is 32.9 Å². The Bertz CT molecular complexity index is 2610. The summed E-state index contributed by atoms with van der Waals surface area (Å²) in [5.41, 5.74) is 6.99. The van der Waals surface area contributed by atoms with Gasteiger partial charge in [0.05, 0.1) is 11.0 Å². The Labute approximate surface area is 332 Å². The quantitative estimate of drug-likeness (QED) is 0.113. The molecule has 0 atom stereocenters. The third-order valence-electron chi connectivity index (χ3n) is 9.96. The molecular weight excluding hydrogens is 775 g/mol. The van der Waals surface area contributed by atoms with E-state index in [1.54, 1.807) is 42.7 Å². The van der Waals surface area contributed by atoms with Crippen molar-refractivity contribution in [3.63, 3.8) is 0 Å². The molecular formula is C44H42BrFN6O4. The number of aryl methyl sites for hydroxylation is 2. The molecule has 0 spiro atoms. The van der Waals surface area contributed by atoms with Crippen molar-refractivity contribution in [1.82, 2.24) is 19.1 Å². The van der Waals surface area contributed by atoms with Crippen LogP contribution in [0.15, 0.2) is 102 Å². The molecule has 7 aromatic rings. The monoisotopic (exact) mass is 816 g/mol. The van der Waals surface area contributed by atoms with E-state index in [1.165, 1.54) is 6.07 Å². The van der Waals surface area contributed by atoms with Gasteiger partial charge in [0.25, 0.3) is 0 Å². The molecule has 0 saturated heterocycles. The van der Waals surface area contributed by atoms with Crippen molar-refractivity contribution in [2.45, 2.75) is 51.4 Å². The molecule has 2 aliphatic carbocycles. The Morgan fingerprint density at radius 2 is 1.18 bits per heavy atom. The van der Waals surface area contributed by atoms with Crippen molar-refractivity contribution in [1.29, 1.82) is 0 Å². The number of carbonyl (C=O) groups is 2. The number of aromatic nitrogens is 4. The molecule has 3 aromatic carbocycles. The van der Waals surface area contributed by atoms with E-state index in [0.717, 1.165) is 74.3 Å². The number of hydrogen-bond acceptors (Lipinski definition) is 6. The van der Waals surface area contributed by atoms with Crippen molar-refractivity contribution in [2.24, 2.45) is 14.1 Å². The molecule has 0 aliphatic heterocycles. The van der Waals surface area contributed by atoms with Crippen LogP contribution in [-0.4, -0.2) is 41.3 Å². The predicted molar refractivity (Wildman–Crippen MR) is 223 cm³/mol. The van der Waals surface area contributed by atoms with Gasteiger partial charge < -0.3 is 30.0 Å². The summed E-state index contributed by atoms with van der Waals surface area (Å²) in [7, 11) is 3.90. The lowest BCUT2D eigenvalue weighted by atomic mass is 10.0. The molecule has 12 heteroatoms. The van der Waals surface area contributed by atoms with Crippen molar-refractivity contribution in [3.05, 3.63) is 130 Å². The molecule has 0 bridgehead atoms. The maximum atomic E-state index is 14.6. The van der Waals surface area contributed by atoms with Gasteiger partial charge in [-0.1, -0.05) is 32.0 Å². The minimum atomic E-state index is -1.03. The number of hydrogen-bond donors (Lipinski definition) is 4. The zero-order chi connectivity index (χ0) is 39.7. The molecule has 56 heavy (non-hydrogen) atoms. The van der Waals surface area contributed by atoms with Gasteiger partial charge in [0.1, 0.15) is 28.6 Å². The number of nitrogens with one attached hydrogen (secondary N) is 2. The lowest BCUT2D eigenvalue weighted by Crippen LogP contribution is -2.06. The molecule has 0 radical (unpaired) electrons. The number of aromatic carboxylic acids is 2. The Balaban J connectivity index is 0.000000168. The van der Waals surface area contributed by atoms with Gasteiger partial charge in [-0.15, -0.1) is 0 Å². The van der Waals surface area contributed by atoms with Crippen LogP contribution in [0.1, 0.15) is 83.2 Å². The maximum Gasteiger partial charge on any atom is 0.339 e. The molecule has 4 N–H and O–H groups in total. The first-order chi connectivity index (χ1) is 27.0. The number of pyridine rings is 2. The van der Waals surface area contributed by atoms with Crippen molar-refractivity contribution in [3.8, 4) is 11.1 Å². The summed E-state index contributed by atoms with van der Waals surface area (Å²) >= 11 is 3.58. The second-order valence-electron chi connectivity index (χ2n) is 13.9. The lowest BCUT2D eigenvalue weighted by Gasteiger charge is -2.14. The molecule has 0 unspecified atom stereocenters. The van der Waals surface area contributed by atoms with Crippen LogP contribution in [0.4, 0.5) is 27.4 Å². The summed E-state index contributed by atoms with van der Waals surface area (Å²) in [6, 6.07) is 21.7. The SMILES string of the molecule is CC.Cn1ccc2cc(Nc3ncc(C4CC4)cc3C(=O)O)cc(-c3ccccc3F)c21.Cn1ccc2cc(Nc3ncc(C4CC4)cc3C(=O)O)cc(Br)c21. The fourth-order valence-electron chi connectivity index (χ4n) is 6.90. The normalized spacial score (nSPS) is 13.4. The van der Waals surface area contributed by atoms with Gasteiger partial charge >= 0.3 is 11.9 Å². The van der Waals surface area contributed by atoms with Crippen LogP contribution in [-0.2, 0) is 14.1 Å². The Hall–Kier alpha value is -6.01. The second kappa shape index (κ2) is 16.0. The van der Waals surface area contributed by atoms with E-state index in [9.17, 15) is 24.2 Å². The summed E-state index contributed by atoms with van der Waals surface area (Å²) < 4.78 is 19.5. The summed E-state index contributed by atoms with van der Waals surface area (Å²) in [4.78, 5) is 32.2. The van der Waals surface area contributed by atoms with Crippen LogP contribution < -0.4 is 10.6 Å². The van der Waals surface area contributed by atoms with Crippen molar-refractivity contribution < 1.29 is 24.2 Å². The Kier molecular flexibility index (Phi) is 10.9. The number of anilines is 4. The maximum absolute atomic E-state index is 14.6. The van der Waals surface area contributed by atoms with Crippen LogP contribution in [0.3, 0.4) is 0 Å². The fraction of sp³-hybridized carbons (Fsp3) is 0.227. The lowest BCUT2D eigenvalue weighted by molar-refractivity contribution is 0.0686. The molecule has 4 heterocycles. The van der Waals surface area contributed by atoms with Gasteiger partial charge in [0, 0.05) is 76.6 Å². The van der Waals surface area contributed by atoms with Gasteiger partial charge in [-0.2, -0.15) is 0 Å².